The second-order valence-corrected chi connectivity index (χ2v) is 4.36. The van der Waals surface area contributed by atoms with Gasteiger partial charge in [0.1, 0.15) is 11.8 Å². The van der Waals surface area contributed by atoms with Gasteiger partial charge in [0.15, 0.2) is 0 Å². The fourth-order valence-corrected chi connectivity index (χ4v) is 1.92. The van der Waals surface area contributed by atoms with E-state index in [1.807, 2.05) is 6.92 Å². The highest BCUT2D eigenvalue weighted by Crippen LogP contribution is 2.34. The van der Waals surface area contributed by atoms with Crippen LogP contribution < -0.4 is 5.73 Å². The number of carbonyl (C=O) groups excluding carboxylic acids is 1. The molecule has 0 radical (unpaired) electrons. The minimum Gasteiger partial charge on any atom is -0.508 e. The molecule has 0 aromatic heterocycles. The Morgan fingerprint density at radius 2 is 2.12 bits per heavy atom. The highest BCUT2D eigenvalue weighted by atomic mass is 79.9. The Morgan fingerprint density at radius 3 is 2.62 bits per heavy atom. The van der Waals surface area contributed by atoms with E-state index in [0.29, 0.717) is 5.56 Å². The van der Waals surface area contributed by atoms with E-state index < -0.39 is 12.0 Å². The smallest absolute Gasteiger partial charge is 0.327 e. The van der Waals surface area contributed by atoms with Crippen molar-refractivity contribution in [1.29, 1.82) is 0 Å². The zero-order valence-corrected chi connectivity index (χ0v) is 11.0. The summed E-state index contributed by atoms with van der Waals surface area (Å²) in [4.78, 5) is 11.3. The summed E-state index contributed by atoms with van der Waals surface area (Å²) in [6.45, 7) is 3.64. The van der Waals surface area contributed by atoms with Crippen molar-refractivity contribution >= 4 is 21.9 Å². The number of nitrogens with two attached hydrogens (primary N) is 1. The van der Waals surface area contributed by atoms with Crippen LogP contribution in [0.4, 0.5) is 0 Å². The van der Waals surface area contributed by atoms with Crippen LogP contribution in [0.15, 0.2) is 10.5 Å². The third-order valence-electron chi connectivity index (χ3n) is 2.47. The van der Waals surface area contributed by atoms with Crippen molar-refractivity contribution in [1.82, 2.24) is 0 Å². The first kappa shape index (κ1) is 13.0. The van der Waals surface area contributed by atoms with Crippen LogP contribution in [0.1, 0.15) is 22.7 Å². The number of ether oxygens (including phenoxy) is 1. The van der Waals surface area contributed by atoms with E-state index in [2.05, 4.69) is 20.7 Å². The molecule has 1 atom stereocenters. The van der Waals surface area contributed by atoms with Gasteiger partial charge in [-0.1, -0.05) is 15.9 Å². The molecule has 4 nitrogen and oxygen atoms in total. The van der Waals surface area contributed by atoms with Crippen LogP contribution >= 0.6 is 15.9 Å². The first-order chi connectivity index (χ1) is 7.40. The Labute approximate surface area is 103 Å². The van der Waals surface area contributed by atoms with Crippen molar-refractivity contribution in [3.05, 3.63) is 27.2 Å². The zero-order chi connectivity index (χ0) is 12.5. The Kier molecular flexibility index (Phi) is 3.93. The number of hydrogen-bond acceptors (Lipinski definition) is 4. The van der Waals surface area contributed by atoms with E-state index in [-0.39, 0.29) is 5.75 Å². The SMILES string of the molecule is COC(=O)[C@@H](N)c1c(O)cc(C)c(Br)c1C. The molecule has 0 aliphatic rings. The quantitative estimate of drug-likeness (QED) is 0.816. The Bertz CT molecular complexity index is 432. The van der Waals surface area contributed by atoms with E-state index in [9.17, 15) is 9.90 Å². The maximum absolute atomic E-state index is 11.3. The summed E-state index contributed by atoms with van der Waals surface area (Å²) < 4.78 is 5.39. The predicted molar refractivity (Wildman–Crippen MR) is 64.2 cm³/mol. The second-order valence-electron chi connectivity index (χ2n) is 3.57. The Hall–Kier alpha value is -1.07. The van der Waals surface area contributed by atoms with E-state index in [0.717, 1.165) is 15.6 Å². The average Bonchev–Trinajstić information content (AvgIpc) is 2.24. The third kappa shape index (κ3) is 2.20. The van der Waals surface area contributed by atoms with Crippen molar-refractivity contribution in [2.24, 2.45) is 5.73 Å². The molecule has 0 amide bonds. The van der Waals surface area contributed by atoms with Crippen molar-refractivity contribution < 1.29 is 14.6 Å². The maximum atomic E-state index is 11.3. The number of esters is 1. The molecule has 1 rings (SSSR count). The molecule has 0 aliphatic carbocycles. The van der Waals surface area contributed by atoms with Crippen LogP contribution in [-0.2, 0) is 9.53 Å². The minimum atomic E-state index is -0.970. The van der Waals surface area contributed by atoms with Crippen molar-refractivity contribution in [2.75, 3.05) is 7.11 Å². The standard InChI is InChI=1S/C11H14BrNO3/c1-5-4-7(14)8(6(2)9(5)12)10(13)11(15)16-3/h4,10,14H,13H2,1-3H3/t10-/m0/s1. The lowest BCUT2D eigenvalue weighted by molar-refractivity contribution is -0.142. The van der Waals surface area contributed by atoms with Crippen LogP contribution in [0.5, 0.6) is 5.75 Å². The number of benzene rings is 1. The molecule has 88 valence electrons. The minimum absolute atomic E-state index is 0.0103. The number of phenolic OH excluding ortho intramolecular Hbond substituents is 1. The number of halogens is 1. The van der Waals surface area contributed by atoms with Gasteiger partial charge in [-0.2, -0.15) is 0 Å². The molecule has 16 heavy (non-hydrogen) atoms. The number of aromatic hydroxyl groups is 1. The van der Waals surface area contributed by atoms with Gasteiger partial charge in [0.2, 0.25) is 0 Å². The fourth-order valence-electron chi connectivity index (χ4n) is 1.59. The first-order valence-electron chi connectivity index (χ1n) is 4.72. The van der Waals surface area contributed by atoms with E-state index in [1.165, 1.54) is 7.11 Å². The summed E-state index contributed by atoms with van der Waals surface area (Å²) >= 11 is 3.38. The maximum Gasteiger partial charge on any atom is 0.327 e. The molecule has 3 N–H and O–H groups in total. The van der Waals surface area contributed by atoms with Crippen LogP contribution in [0.25, 0.3) is 0 Å². The van der Waals surface area contributed by atoms with E-state index >= 15 is 0 Å². The van der Waals surface area contributed by atoms with Crippen molar-refractivity contribution in [2.45, 2.75) is 19.9 Å². The summed E-state index contributed by atoms with van der Waals surface area (Å²) in [5, 5.41) is 9.80. The summed E-state index contributed by atoms with van der Waals surface area (Å²) in [5.74, 6) is -0.565. The van der Waals surface area contributed by atoms with Gasteiger partial charge in [-0.3, -0.25) is 4.79 Å². The van der Waals surface area contributed by atoms with Crippen molar-refractivity contribution in [3.8, 4) is 5.75 Å². The van der Waals surface area contributed by atoms with Gasteiger partial charge in [0.05, 0.1) is 7.11 Å². The lowest BCUT2D eigenvalue weighted by Crippen LogP contribution is -2.23. The van der Waals surface area contributed by atoms with Gasteiger partial charge >= 0.3 is 5.97 Å². The lowest BCUT2D eigenvalue weighted by atomic mass is 9.98. The Morgan fingerprint density at radius 1 is 1.56 bits per heavy atom. The number of aryl methyl sites for hydroxylation is 1. The molecule has 1 aromatic carbocycles. The van der Waals surface area contributed by atoms with Gasteiger partial charge in [-0.15, -0.1) is 0 Å². The first-order valence-corrected chi connectivity index (χ1v) is 5.51. The molecular formula is C11H14BrNO3. The molecule has 0 spiro atoms. The molecule has 0 saturated heterocycles. The topological polar surface area (TPSA) is 72.5 Å². The van der Waals surface area contributed by atoms with Crippen molar-refractivity contribution in [3.63, 3.8) is 0 Å². The molecule has 0 heterocycles. The molecule has 0 bridgehead atoms. The lowest BCUT2D eigenvalue weighted by Gasteiger charge is -2.16. The normalized spacial score (nSPS) is 12.3. The van der Waals surface area contributed by atoms with E-state index in [1.54, 1.807) is 13.0 Å². The van der Waals surface area contributed by atoms with Crippen LogP contribution in [0, 0.1) is 13.8 Å². The molecule has 0 fully saturated rings. The summed E-state index contributed by atoms with van der Waals surface area (Å²) in [6.07, 6.45) is 0. The molecule has 5 heteroatoms. The third-order valence-corrected chi connectivity index (χ3v) is 3.69. The van der Waals surface area contributed by atoms with E-state index in [4.69, 9.17) is 5.73 Å². The second kappa shape index (κ2) is 4.84. The highest BCUT2D eigenvalue weighted by molar-refractivity contribution is 9.10. The van der Waals surface area contributed by atoms with Gasteiger partial charge in [-0.25, -0.2) is 0 Å². The summed E-state index contributed by atoms with van der Waals surface area (Å²) in [7, 11) is 1.26. The van der Waals surface area contributed by atoms with Crippen LogP contribution in [0.3, 0.4) is 0 Å². The predicted octanol–water partition coefficient (Wildman–Crippen LogP) is 1.94. The largest absolute Gasteiger partial charge is 0.508 e. The zero-order valence-electron chi connectivity index (χ0n) is 9.37. The number of methoxy groups -OCH3 is 1. The van der Waals surface area contributed by atoms with Gasteiger partial charge in [-0.05, 0) is 31.0 Å². The summed E-state index contributed by atoms with van der Waals surface area (Å²) in [6, 6.07) is 0.594. The molecular weight excluding hydrogens is 274 g/mol. The highest BCUT2D eigenvalue weighted by Gasteiger charge is 2.23. The fraction of sp³-hybridized carbons (Fsp3) is 0.364. The van der Waals surface area contributed by atoms with Gasteiger partial charge in [0, 0.05) is 10.0 Å². The van der Waals surface area contributed by atoms with Gasteiger partial charge in [0.25, 0.3) is 0 Å². The number of carbonyl (C=O) groups is 1. The molecule has 0 unspecified atom stereocenters. The Balaban J connectivity index is 3.34. The molecule has 0 saturated carbocycles. The summed E-state index contributed by atoms with van der Waals surface area (Å²) in [5.41, 5.74) is 7.74. The molecule has 1 aromatic rings. The number of rotatable bonds is 2. The number of phenols is 1. The average molecular weight is 288 g/mol. The van der Waals surface area contributed by atoms with Gasteiger partial charge < -0.3 is 15.6 Å². The van der Waals surface area contributed by atoms with Crippen LogP contribution in [0.2, 0.25) is 0 Å². The molecule has 0 aliphatic heterocycles. The van der Waals surface area contributed by atoms with Crippen LogP contribution in [-0.4, -0.2) is 18.2 Å². The number of hydrogen-bond donors (Lipinski definition) is 2. The monoisotopic (exact) mass is 287 g/mol.